The quantitative estimate of drug-likeness (QED) is 0.817. The zero-order valence-electron chi connectivity index (χ0n) is 9.83. The Morgan fingerprint density at radius 2 is 1.88 bits per heavy atom. The summed E-state index contributed by atoms with van der Waals surface area (Å²) in [7, 11) is 1.63. The molecule has 17 heavy (non-hydrogen) atoms. The van der Waals surface area contributed by atoms with Crippen LogP contribution in [0.3, 0.4) is 0 Å². The molecule has 0 aliphatic heterocycles. The molecular formula is C14H14ClNO. The van der Waals surface area contributed by atoms with Gasteiger partial charge in [0.15, 0.2) is 0 Å². The summed E-state index contributed by atoms with van der Waals surface area (Å²) in [6, 6.07) is 11.5. The number of benzene rings is 2. The number of ether oxygens (including phenoxy) is 1. The maximum Gasteiger partial charge on any atom is 0.121 e. The minimum atomic E-state index is 0.689. The van der Waals surface area contributed by atoms with Gasteiger partial charge < -0.3 is 10.5 Å². The van der Waals surface area contributed by atoms with Crippen LogP contribution in [0.15, 0.2) is 36.4 Å². The van der Waals surface area contributed by atoms with Gasteiger partial charge in [-0.05, 0) is 47.9 Å². The molecular weight excluding hydrogens is 234 g/mol. The molecule has 0 radical (unpaired) electrons. The lowest BCUT2D eigenvalue weighted by molar-refractivity contribution is 0.415. The number of rotatable bonds is 2. The third kappa shape index (κ3) is 2.53. The van der Waals surface area contributed by atoms with Crippen molar-refractivity contribution in [2.24, 2.45) is 0 Å². The topological polar surface area (TPSA) is 35.2 Å². The average molecular weight is 248 g/mol. The first-order valence-corrected chi connectivity index (χ1v) is 5.69. The van der Waals surface area contributed by atoms with Crippen molar-refractivity contribution in [2.75, 3.05) is 12.8 Å². The smallest absolute Gasteiger partial charge is 0.121 e. The van der Waals surface area contributed by atoms with Crippen LogP contribution in [0.5, 0.6) is 5.75 Å². The fourth-order valence-corrected chi connectivity index (χ4v) is 2.07. The van der Waals surface area contributed by atoms with Crippen molar-refractivity contribution in [3.8, 4) is 16.9 Å². The lowest BCUT2D eigenvalue weighted by Crippen LogP contribution is -1.91. The minimum Gasteiger partial charge on any atom is -0.497 e. The Morgan fingerprint density at radius 1 is 1.12 bits per heavy atom. The van der Waals surface area contributed by atoms with Crippen molar-refractivity contribution in [1.82, 2.24) is 0 Å². The van der Waals surface area contributed by atoms with E-state index in [0.29, 0.717) is 5.69 Å². The lowest BCUT2D eigenvalue weighted by atomic mass is 10.00. The van der Waals surface area contributed by atoms with Crippen LogP contribution in [-0.4, -0.2) is 7.11 Å². The highest BCUT2D eigenvalue weighted by molar-refractivity contribution is 6.30. The van der Waals surface area contributed by atoms with E-state index in [1.54, 1.807) is 13.2 Å². The first-order valence-electron chi connectivity index (χ1n) is 5.31. The number of hydrogen-bond donors (Lipinski definition) is 1. The number of nitrogen functional groups attached to an aromatic ring is 1. The lowest BCUT2D eigenvalue weighted by Gasteiger charge is -2.09. The normalized spacial score (nSPS) is 10.3. The fourth-order valence-electron chi connectivity index (χ4n) is 1.85. The maximum absolute atomic E-state index is 5.94. The van der Waals surface area contributed by atoms with Gasteiger partial charge in [0.2, 0.25) is 0 Å². The second kappa shape index (κ2) is 4.68. The van der Waals surface area contributed by atoms with Crippen LogP contribution in [0, 0.1) is 6.92 Å². The maximum atomic E-state index is 5.94. The second-order valence-corrected chi connectivity index (χ2v) is 4.39. The van der Waals surface area contributed by atoms with Gasteiger partial charge in [-0.25, -0.2) is 0 Å². The van der Waals surface area contributed by atoms with Gasteiger partial charge in [0.05, 0.1) is 7.11 Å². The van der Waals surface area contributed by atoms with Gasteiger partial charge in [-0.15, -0.1) is 0 Å². The van der Waals surface area contributed by atoms with Crippen molar-refractivity contribution < 1.29 is 4.74 Å². The van der Waals surface area contributed by atoms with Crippen molar-refractivity contribution in [2.45, 2.75) is 6.92 Å². The molecule has 0 aliphatic rings. The largest absolute Gasteiger partial charge is 0.497 e. The van der Waals surface area contributed by atoms with Gasteiger partial charge in [-0.1, -0.05) is 17.7 Å². The molecule has 2 aromatic carbocycles. The van der Waals surface area contributed by atoms with Crippen LogP contribution in [0.1, 0.15) is 5.56 Å². The van der Waals surface area contributed by atoms with Gasteiger partial charge >= 0.3 is 0 Å². The molecule has 0 fully saturated rings. The summed E-state index contributed by atoms with van der Waals surface area (Å²) in [5.74, 6) is 0.759. The molecule has 0 bridgehead atoms. The molecule has 0 unspecified atom stereocenters. The van der Waals surface area contributed by atoms with Gasteiger partial charge in [-0.2, -0.15) is 0 Å². The van der Waals surface area contributed by atoms with E-state index in [0.717, 1.165) is 27.5 Å². The first kappa shape index (κ1) is 11.8. The van der Waals surface area contributed by atoms with Crippen LogP contribution < -0.4 is 10.5 Å². The number of methoxy groups -OCH3 is 1. The Bertz CT molecular complexity index is 552. The molecule has 88 valence electrons. The van der Waals surface area contributed by atoms with Crippen LogP contribution in [0.2, 0.25) is 5.02 Å². The van der Waals surface area contributed by atoms with Crippen LogP contribution in [0.4, 0.5) is 5.69 Å². The highest BCUT2D eigenvalue weighted by Crippen LogP contribution is 2.30. The Morgan fingerprint density at radius 3 is 2.53 bits per heavy atom. The molecule has 3 heteroatoms. The molecule has 0 atom stereocenters. The van der Waals surface area contributed by atoms with Crippen molar-refractivity contribution in [1.29, 1.82) is 0 Å². The molecule has 0 amide bonds. The standard InChI is InChI=1S/C14H14ClNO/c1-9-5-11(15)3-4-14(9)10-6-12(16)8-13(7-10)17-2/h3-8H,16H2,1-2H3. The van der Waals surface area contributed by atoms with Gasteiger partial charge in [0.25, 0.3) is 0 Å². The molecule has 2 aromatic rings. The van der Waals surface area contributed by atoms with Crippen LogP contribution in [-0.2, 0) is 0 Å². The molecule has 2 nitrogen and oxygen atoms in total. The SMILES string of the molecule is COc1cc(N)cc(-c2ccc(Cl)cc2C)c1. The Labute approximate surface area is 106 Å². The summed E-state index contributed by atoms with van der Waals surface area (Å²) in [6.07, 6.45) is 0. The van der Waals surface area contributed by atoms with Crippen LogP contribution in [0.25, 0.3) is 11.1 Å². The van der Waals surface area contributed by atoms with Crippen LogP contribution >= 0.6 is 11.6 Å². The molecule has 2 rings (SSSR count). The molecule has 0 aromatic heterocycles. The number of anilines is 1. The van der Waals surface area contributed by atoms with E-state index >= 15 is 0 Å². The second-order valence-electron chi connectivity index (χ2n) is 3.95. The zero-order valence-corrected chi connectivity index (χ0v) is 10.6. The number of aryl methyl sites for hydroxylation is 1. The molecule has 0 heterocycles. The predicted molar refractivity (Wildman–Crippen MR) is 72.6 cm³/mol. The van der Waals surface area contributed by atoms with Gasteiger partial charge in [0, 0.05) is 16.8 Å². The zero-order chi connectivity index (χ0) is 12.4. The summed E-state index contributed by atoms with van der Waals surface area (Å²) in [6.45, 7) is 2.02. The number of halogens is 1. The minimum absolute atomic E-state index is 0.689. The van der Waals surface area contributed by atoms with Gasteiger partial charge in [0.1, 0.15) is 5.75 Å². The van der Waals surface area contributed by atoms with E-state index in [4.69, 9.17) is 22.1 Å². The third-order valence-electron chi connectivity index (χ3n) is 2.66. The Hall–Kier alpha value is -1.67. The van der Waals surface area contributed by atoms with Crippen molar-refractivity contribution in [3.05, 3.63) is 47.0 Å². The van der Waals surface area contributed by atoms with E-state index in [1.165, 1.54) is 0 Å². The number of hydrogen-bond acceptors (Lipinski definition) is 2. The van der Waals surface area contributed by atoms with Crippen molar-refractivity contribution >= 4 is 17.3 Å². The van der Waals surface area contributed by atoms with Crippen molar-refractivity contribution in [3.63, 3.8) is 0 Å². The van der Waals surface area contributed by atoms with E-state index < -0.39 is 0 Å². The Kier molecular flexibility index (Phi) is 3.25. The highest BCUT2D eigenvalue weighted by Gasteiger charge is 2.05. The Balaban J connectivity index is 2.55. The molecule has 0 spiro atoms. The summed E-state index contributed by atoms with van der Waals surface area (Å²) < 4.78 is 5.21. The molecule has 0 saturated carbocycles. The molecule has 0 saturated heterocycles. The predicted octanol–water partition coefficient (Wildman–Crippen LogP) is 3.91. The molecule has 0 aliphatic carbocycles. The average Bonchev–Trinajstić information content (AvgIpc) is 2.28. The number of nitrogens with two attached hydrogens (primary N) is 1. The molecule has 2 N–H and O–H groups in total. The summed E-state index contributed by atoms with van der Waals surface area (Å²) in [5.41, 5.74) is 9.80. The fraction of sp³-hybridized carbons (Fsp3) is 0.143. The summed E-state index contributed by atoms with van der Waals surface area (Å²) >= 11 is 5.94. The third-order valence-corrected chi connectivity index (χ3v) is 2.90. The summed E-state index contributed by atoms with van der Waals surface area (Å²) in [4.78, 5) is 0. The van der Waals surface area contributed by atoms with Gasteiger partial charge in [-0.3, -0.25) is 0 Å². The highest BCUT2D eigenvalue weighted by atomic mass is 35.5. The van der Waals surface area contributed by atoms with E-state index in [9.17, 15) is 0 Å². The van der Waals surface area contributed by atoms with E-state index in [2.05, 4.69) is 0 Å². The monoisotopic (exact) mass is 247 g/mol. The van der Waals surface area contributed by atoms with E-state index in [-0.39, 0.29) is 0 Å². The summed E-state index contributed by atoms with van der Waals surface area (Å²) in [5, 5.41) is 0.738. The van der Waals surface area contributed by atoms with E-state index in [1.807, 2.05) is 37.3 Å². The first-order chi connectivity index (χ1) is 8.10.